The third-order valence-electron chi connectivity index (χ3n) is 5.11. The summed E-state index contributed by atoms with van der Waals surface area (Å²) in [7, 11) is 2.03. The minimum Gasteiger partial charge on any atom is -0.487 e. The SMILES string of the molecule is CNC1CC2(CCC(C)(C)CC2)Oc2ccc(Cl)cc21. The summed E-state index contributed by atoms with van der Waals surface area (Å²) in [5, 5.41) is 4.23. The van der Waals surface area contributed by atoms with Crippen LogP contribution in [0.1, 0.15) is 57.6 Å². The van der Waals surface area contributed by atoms with E-state index in [1.54, 1.807) is 0 Å². The lowest BCUT2D eigenvalue weighted by atomic mass is 9.68. The number of halogens is 1. The molecule has 1 aliphatic carbocycles. The van der Waals surface area contributed by atoms with Gasteiger partial charge in [0.1, 0.15) is 11.4 Å². The first-order valence-corrected chi connectivity index (χ1v) is 7.97. The summed E-state index contributed by atoms with van der Waals surface area (Å²) >= 11 is 6.13. The Morgan fingerprint density at radius 3 is 2.55 bits per heavy atom. The fourth-order valence-corrected chi connectivity index (χ4v) is 3.77. The van der Waals surface area contributed by atoms with Crippen molar-refractivity contribution in [3.63, 3.8) is 0 Å². The third-order valence-corrected chi connectivity index (χ3v) is 5.35. The van der Waals surface area contributed by atoms with Crippen LogP contribution in [-0.2, 0) is 0 Å². The van der Waals surface area contributed by atoms with Crippen molar-refractivity contribution in [1.29, 1.82) is 0 Å². The van der Waals surface area contributed by atoms with Crippen molar-refractivity contribution in [3.8, 4) is 5.75 Å². The minimum absolute atomic E-state index is 0.0179. The molecule has 20 heavy (non-hydrogen) atoms. The zero-order valence-electron chi connectivity index (χ0n) is 12.6. The molecule has 110 valence electrons. The van der Waals surface area contributed by atoms with E-state index in [4.69, 9.17) is 16.3 Å². The van der Waals surface area contributed by atoms with Crippen LogP contribution in [0, 0.1) is 5.41 Å². The second kappa shape index (κ2) is 4.92. The number of rotatable bonds is 1. The van der Waals surface area contributed by atoms with E-state index in [0.717, 1.165) is 30.0 Å². The Labute approximate surface area is 126 Å². The normalized spacial score (nSPS) is 26.9. The summed E-state index contributed by atoms with van der Waals surface area (Å²) in [6.07, 6.45) is 5.84. The summed E-state index contributed by atoms with van der Waals surface area (Å²) in [4.78, 5) is 0. The molecule has 3 heteroatoms. The van der Waals surface area contributed by atoms with Gasteiger partial charge >= 0.3 is 0 Å². The van der Waals surface area contributed by atoms with E-state index in [-0.39, 0.29) is 5.60 Å². The van der Waals surface area contributed by atoms with Gasteiger partial charge in [-0.05, 0) is 56.3 Å². The third kappa shape index (κ3) is 2.56. The van der Waals surface area contributed by atoms with Crippen molar-refractivity contribution in [2.45, 2.75) is 57.6 Å². The summed E-state index contributed by atoms with van der Waals surface area (Å²) in [6, 6.07) is 6.35. The molecule has 1 aliphatic heterocycles. The van der Waals surface area contributed by atoms with Crippen LogP contribution in [0.25, 0.3) is 0 Å². The van der Waals surface area contributed by atoms with Gasteiger partial charge in [-0.3, -0.25) is 0 Å². The fraction of sp³-hybridized carbons (Fsp3) is 0.647. The van der Waals surface area contributed by atoms with E-state index < -0.39 is 0 Å². The summed E-state index contributed by atoms with van der Waals surface area (Å²) < 4.78 is 6.44. The van der Waals surface area contributed by atoms with Crippen molar-refractivity contribution in [2.24, 2.45) is 5.41 Å². The molecule has 0 bridgehead atoms. The van der Waals surface area contributed by atoms with Crippen LogP contribution in [0.3, 0.4) is 0 Å². The lowest BCUT2D eigenvalue weighted by Crippen LogP contribution is -2.47. The lowest BCUT2D eigenvalue weighted by molar-refractivity contribution is -0.0288. The molecule has 0 saturated heterocycles. The highest BCUT2D eigenvalue weighted by Crippen LogP contribution is 2.50. The van der Waals surface area contributed by atoms with Gasteiger partial charge in [-0.2, -0.15) is 0 Å². The van der Waals surface area contributed by atoms with E-state index in [1.807, 2.05) is 25.2 Å². The van der Waals surface area contributed by atoms with Crippen LogP contribution in [-0.4, -0.2) is 12.6 Å². The van der Waals surface area contributed by atoms with Crippen LogP contribution in [0.5, 0.6) is 5.75 Å². The molecule has 1 N–H and O–H groups in total. The van der Waals surface area contributed by atoms with Crippen molar-refractivity contribution < 1.29 is 4.74 Å². The molecule has 0 amide bonds. The van der Waals surface area contributed by atoms with E-state index in [1.165, 1.54) is 18.4 Å². The minimum atomic E-state index is 0.0179. The Morgan fingerprint density at radius 2 is 1.90 bits per heavy atom. The van der Waals surface area contributed by atoms with Gasteiger partial charge in [0.05, 0.1) is 0 Å². The molecular formula is C17H24ClNO. The molecule has 0 radical (unpaired) electrons. The van der Waals surface area contributed by atoms with Crippen LogP contribution < -0.4 is 10.1 Å². The number of hydrogen-bond acceptors (Lipinski definition) is 2. The highest BCUT2D eigenvalue weighted by molar-refractivity contribution is 6.30. The molecule has 2 aliphatic rings. The smallest absolute Gasteiger partial charge is 0.125 e. The van der Waals surface area contributed by atoms with Gasteiger partial charge in [0.15, 0.2) is 0 Å². The van der Waals surface area contributed by atoms with Crippen molar-refractivity contribution >= 4 is 11.6 Å². The van der Waals surface area contributed by atoms with Crippen LogP contribution in [0.4, 0.5) is 0 Å². The molecule has 1 fully saturated rings. The summed E-state index contributed by atoms with van der Waals surface area (Å²) in [5.41, 5.74) is 1.68. The number of benzene rings is 1. The van der Waals surface area contributed by atoms with Crippen LogP contribution in [0.15, 0.2) is 18.2 Å². The van der Waals surface area contributed by atoms with Crippen molar-refractivity contribution in [2.75, 3.05) is 7.05 Å². The van der Waals surface area contributed by atoms with Gasteiger partial charge in [-0.15, -0.1) is 0 Å². The Balaban J connectivity index is 1.90. The fourth-order valence-electron chi connectivity index (χ4n) is 3.59. The number of ether oxygens (including phenoxy) is 1. The maximum atomic E-state index is 6.44. The topological polar surface area (TPSA) is 21.3 Å². The van der Waals surface area contributed by atoms with Crippen LogP contribution >= 0.6 is 11.6 Å². The number of nitrogens with one attached hydrogen (secondary N) is 1. The van der Waals surface area contributed by atoms with Gasteiger partial charge in [-0.1, -0.05) is 25.4 Å². The predicted molar refractivity (Wildman–Crippen MR) is 83.5 cm³/mol. The highest BCUT2D eigenvalue weighted by Gasteiger charge is 2.44. The molecule has 0 aromatic heterocycles. The maximum Gasteiger partial charge on any atom is 0.125 e. The zero-order chi connectivity index (χ0) is 14.4. The van der Waals surface area contributed by atoms with Gasteiger partial charge in [-0.25, -0.2) is 0 Å². The van der Waals surface area contributed by atoms with E-state index in [2.05, 4.69) is 19.2 Å². The van der Waals surface area contributed by atoms with Crippen molar-refractivity contribution in [1.82, 2.24) is 5.32 Å². The molecule has 1 atom stereocenters. The predicted octanol–water partition coefficient (Wildman–Crippen LogP) is 4.72. The number of hydrogen-bond donors (Lipinski definition) is 1. The molecule has 1 aromatic rings. The van der Waals surface area contributed by atoms with Gasteiger partial charge in [0, 0.05) is 23.0 Å². The molecule has 1 unspecified atom stereocenters. The molecule has 3 rings (SSSR count). The highest BCUT2D eigenvalue weighted by atomic mass is 35.5. The Kier molecular flexibility index (Phi) is 3.50. The average Bonchev–Trinajstić information content (AvgIpc) is 2.42. The van der Waals surface area contributed by atoms with E-state index >= 15 is 0 Å². The quantitative estimate of drug-likeness (QED) is 0.809. The second-order valence-corrected chi connectivity index (χ2v) is 7.61. The van der Waals surface area contributed by atoms with Crippen molar-refractivity contribution in [3.05, 3.63) is 28.8 Å². The standard InChI is InChI=1S/C17H24ClNO/c1-16(2)6-8-17(9-7-16)11-14(19-3)13-10-12(18)4-5-15(13)20-17/h4-5,10,14,19H,6-9,11H2,1-3H3. The first kappa shape index (κ1) is 14.2. The van der Waals surface area contributed by atoms with E-state index in [9.17, 15) is 0 Å². The molecule has 1 heterocycles. The van der Waals surface area contributed by atoms with E-state index in [0.29, 0.717) is 11.5 Å². The summed E-state index contributed by atoms with van der Waals surface area (Å²) in [6.45, 7) is 4.73. The molecular weight excluding hydrogens is 270 g/mol. The maximum absolute atomic E-state index is 6.44. The Hall–Kier alpha value is -0.730. The average molecular weight is 294 g/mol. The molecule has 2 nitrogen and oxygen atoms in total. The Morgan fingerprint density at radius 1 is 1.20 bits per heavy atom. The van der Waals surface area contributed by atoms with Gasteiger partial charge in [0.2, 0.25) is 0 Å². The first-order chi connectivity index (χ1) is 9.43. The molecule has 1 aromatic carbocycles. The first-order valence-electron chi connectivity index (χ1n) is 7.59. The largest absolute Gasteiger partial charge is 0.487 e. The second-order valence-electron chi connectivity index (χ2n) is 7.18. The zero-order valence-corrected chi connectivity index (χ0v) is 13.4. The van der Waals surface area contributed by atoms with Gasteiger partial charge < -0.3 is 10.1 Å². The molecule has 1 saturated carbocycles. The summed E-state index contributed by atoms with van der Waals surface area (Å²) in [5.74, 6) is 1.01. The lowest BCUT2D eigenvalue weighted by Gasteiger charge is -2.48. The van der Waals surface area contributed by atoms with Gasteiger partial charge in [0.25, 0.3) is 0 Å². The number of fused-ring (bicyclic) bond motifs is 1. The van der Waals surface area contributed by atoms with Crippen LogP contribution in [0.2, 0.25) is 5.02 Å². The Bertz CT molecular complexity index is 502. The molecule has 1 spiro atoms. The monoisotopic (exact) mass is 293 g/mol.